The molecular weight excluding hydrogens is 264 g/mol. The van der Waals surface area contributed by atoms with E-state index in [1.54, 1.807) is 0 Å². The number of aryl methyl sites for hydroxylation is 2. The highest BCUT2D eigenvalue weighted by Crippen LogP contribution is 2.28. The van der Waals surface area contributed by atoms with Crippen molar-refractivity contribution < 1.29 is 9.53 Å². The number of rotatable bonds is 3. The number of carbonyl (C=O) groups is 1. The maximum Gasteiger partial charge on any atom is 0.239 e. The van der Waals surface area contributed by atoms with Crippen LogP contribution in [0, 0.1) is 13.8 Å². The summed E-state index contributed by atoms with van der Waals surface area (Å²) in [5, 5.41) is 0. The monoisotopic (exact) mass is 290 g/mol. The molecule has 2 rings (SSSR count). The molecule has 21 heavy (non-hydrogen) atoms. The zero-order chi connectivity index (χ0) is 15.6. The Morgan fingerprint density at radius 1 is 1.48 bits per heavy atom. The van der Waals surface area contributed by atoms with Crippen LogP contribution in [0.25, 0.3) is 0 Å². The van der Waals surface area contributed by atoms with E-state index in [-0.39, 0.29) is 18.1 Å². The third-order valence-electron chi connectivity index (χ3n) is 4.25. The van der Waals surface area contributed by atoms with Gasteiger partial charge in [-0.3, -0.25) is 4.79 Å². The van der Waals surface area contributed by atoms with E-state index in [0.29, 0.717) is 19.6 Å². The number of ether oxygens (including phenoxy) is 1. The second kappa shape index (κ2) is 6.58. The molecule has 1 heterocycles. The summed E-state index contributed by atoms with van der Waals surface area (Å²) in [5.74, 6) is 0.0311. The Morgan fingerprint density at radius 2 is 2.19 bits per heavy atom. The molecule has 0 radical (unpaired) electrons. The molecule has 1 saturated heterocycles. The van der Waals surface area contributed by atoms with Crippen LogP contribution in [0.1, 0.15) is 43.1 Å². The Kier molecular flexibility index (Phi) is 5.01. The lowest BCUT2D eigenvalue weighted by Crippen LogP contribution is -2.53. The van der Waals surface area contributed by atoms with Gasteiger partial charge in [0.2, 0.25) is 5.91 Å². The fourth-order valence-electron chi connectivity index (χ4n) is 2.75. The average molecular weight is 290 g/mol. The van der Waals surface area contributed by atoms with E-state index in [1.807, 2.05) is 18.7 Å². The third kappa shape index (κ3) is 3.44. The minimum absolute atomic E-state index is 0.0311. The Bertz CT molecular complexity index is 516. The van der Waals surface area contributed by atoms with Crippen LogP contribution in [-0.2, 0) is 9.53 Å². The van der Waals surface area contributed by atoms with Crippen LogP contribution >= 0.6 is 0 Å². The molecule has 1 aromatic carbocycles. The second-order valence-corrected chi connectivity index (χ2v) is 6.04. The molecule has 1 fully saturated rings. The first kappa shape index (κ1) is 16.0. The molecule has 1 aliphatic rings. The van der Waals surface area contributed by atoms with Gasteiger partial charge in [-0.2, -0.15) is 0 Å². The maximum absolute atomic E-state index is 12.4. The zero-order valence-corrected chi connectivity index (χ0v) is 13.4. The molecule has 1 aliphatic heterocycles. The molecule has 0 aromatic heterocycles. The second-order valence-electron chi connectivity index (χ2n) is 6.04. The Hall–Kier alpha value is -1.39. The first-order valence-corrected chi connectivity index (χ1v) is 7.68. The van der Waals surface area contributed by atoms with Crippen molar-refractivity contribution in [3.05, 3.63) is 34.9 Å². The molecular formula is C17H26N2O2. The summed E-state index contributed by atoms with van der Waals surface area (Å²) >= 11 is 0. The molecule has 4 heteroatoms. The van der Waals surface area contributed by atoms with E-state index in [2.05, 4.69) is 32.0 Å². The SMILES string of the molecule is CC[C@H](N)C(=O)N1C[C@@H](c2cc(C)ccc2C)OC[C@@H]1C. The van der Waals surface area contributed by atoms with Crippen molar-refractivity contribution in [2.45, 2.75) is 52.3 Å². The predicted octanol–water partition coefficient (Wildman–Crippen LogP) is 2.33. The summed E-state index contributed by atoms with van der Waals surface area (Å²) in [7, 11) is 0. The first-order chi connectivity index (χ1) is 9.93. The van der Waals surface area contributed by atoms with Gasteiger partial charge in [-0.15, -0.1) is 0 Å². The molecule has 116 valence electrons. The number of amides is 1. The van der Waals surface area contributed by atoms with Crippen LogP contribution in [-0.4, -0.2) is 36.0 Å². The largest absolute Gasteiger partial charge is 0.370 e. The molecule has 1 amide bonds. The van der Waals surface area contributed by atoms with E-state index in [9.17, 15) is 4.79 Å². The number of nitrogens with two attached hydrogens (primary N) is 1. The van der Waals surface area contributed by atoms with Crippen LogP contribution in [0.4, 0.5) is 0 Å². The van der Waals surface area contributed by atoms with E-state index in [4.69, 9.17) is 10.5 Å². The zero-order valence-electron chi connectivity index (χ0n) is 13.4. The number of benzene rings is 1. The Labute approximate surface area is 127 Å². The highest BCUT2D eigenvalue weighted by atomic mass is 16.5. The van der Waals surface area contributed by atoms with Crippen LogP contribution < -0.4 is 5.73 Å². The van der Waals surface area contributed by atoms with Crippen molar-refractivity contribution in [3.8, 4) is 0 Å². The van der Waals surface area contributed by atoms with Gasteiger partial charge in [-0.1, -0.05) is 30.7 Å². The van der Waals surface area contributed by atoms with Gasteiger partial charge in [0.05, 0.1) is 25.2 Å². The van der Waals surface area contributed by atoms with Gasteiger partial charge < -0.3 is 15.4 Å². The summed E-state index contributed by atoms with van der Waals surface area (Å²) in [6.45, 7) is 9.25. The lowest BCUT2D eigenvalue weighted by atomic mass is 9.98. The number of morpholine rings is 1. The molecule has 1 aromatic rings. The number of nitrogens with zero attached hydrogens (tertiary/aromatic N) is 1. The lowest BCUT2D eigenvalue weighted by molar-refractivity contribution is -0.146. The van der Waals surface area contributed by atoms with Crippen LogP contribution in [0.15, 0.2) is 18.2 Å². The number of carbonyl (C=O) groups excluding carboxylic acids is 1. The minimum atomic E-state index is -0.412. The summed E-state index contributed by atoms with van der Waals surface area (Å²) < 4.78 is 5.97. The van der Waals surface area contributed by atoms with Gasteiger partial charge in [0, 0.05) is 0 Å². The standard InChI is InChI=1S/C17H26N2O2/c1-5-15(18)17(20)19-9-16(21-10-13(19)4)14-8-11(2)6-7-12(14)3/h6-8,13,15-16H,5,9-10,18H2,1-4H3/t13-,15-,16-/m0/s1. The normalized spacial score (nSPS) is 24.0. The van der Waals surface area contributed by atoms with E-state index < -0.39 is 6.04 Å². The summed E-state index contributed by atoms with van der Waals surface area (Å²) in [5.41, 5.74) is 9.50. The smallest absolute Gasteiger partial charge is 0.239 e. The molecule has 3 atom stereocenters. The minimum Gasteiger partial charge on any atom is -0.370 e. The summed E-state index contributed by atoms with van der Waals surface area (Å²) in [6.07, 6.45) is 0.603. The van der Waals surface area contributed by atoms with Crippen molar-refractivity contribution in [2.24, 2.45) is 5.73 Å². The van der Waals surface area contributed by atoms with Gasteiger partial charge in [-0.25, -0.2) is 0 Å². The van der Waals surface area contributed by atoms with Crippen molar-refractivity contribution >= 4 is 5.91 Å². The molecule has 0 aliphatic carbocycles. The molecule has 0 bridgehead atoms. The highest BCUT2D eigenvalue weighted by molar-refractivity contribution is 5.82. The van der Waals surface area contributed by atoms with Crippen molar-refractivity contribution in [1.82, 2.24) is 4.90 Å². The summed E-state index contributed by atoms with van der Waals surface area (Å²) in [6, 6.07) is 6.02. The van der Waals surface area contributed by atoms with Crippen LogP contribution in [0.3, 0.4) is 0 Å². The Morgan fingerprint density at radius 3 is 2.86 bits per heavy atom. The van der Waals surface area contributed by atoms with Crippen molar-refractivity contribution in [2.75, 3.05) is 13.2 Å². The summed E-state index contributed by atoms with van der Waals surface area (Å²) in [4.78, 5) is 14.3. The van der Waals surface area contributed by atoms with Gasteiger partial charge in [0.15, 0.2) is 0 Å². The van der Waals surface area contributed by atoms with Gasteiger partial charge >= 0.3 is 0 Å². The lowest BCUT2D eigenvalue weighted by Gasteiger charge is -2.39. The van der Waals surface area contributed by atoms with E-state index >= 15 is 0 Å². The van der Waals surface area contributed by atoms with Gasteiger partial charge in [-0.05, 0) is 38.3 Å². The molecule has 0 spiro atoms. The fraction of sp³-hybridized carbons (Fsp3) is 0.588. The average Bonchev–Trinajstić information content (AvgIpc) is 2.49. The van der Waals surface area contributed by atoms with Crippen LogP contribution in [0.5, 0.6) is 0 Å². The number of hydrogen-bond acceptors (Lipinski definition) is 3. The van der Waals surface area contributed by atoms with Crippen molar-refractivity contribution in [1.29, 1.82) is 0 Å². The highest BCUT2D eigenvalue weighted by Gasteiger charge is 2.32. The molecule has 2 N–H and O–H groups in total. The predicted molar refractivity (Wildman–Crippen MR) is 84.1 cm³/mol. The van der Waals surface area contributed by atoms with Gasteiger partial charge in [0.25, 0.3) is 0 Å². The van der Waals surface area contributed by atoms with E-state index in [0.717, 1.165) is 0 Å². The molecule has 0 unspecified atom stereocenters. The topological polar surface area (TPSA) is 55.6 Å². The van der Waals surface area contributed by atoms with Crippen molar-refractivity contribution in [3.63, 3.8) is 0 Å². The first-order valence-electron chi connectivity index (χ1n) is 7.68. The maximum atomic E-state index is 12.4. The quantitative estimate of drug-likeness (QED) is 0.929. The Balaban J connectivity index is 2.20. The molecule has 4 nitrogen and oxygen atoms in total. The van der Waals surface area contributed by atoms with E-state index in [1.165, 1.54) is 16.7 Å². The van der Waals surface area contributed by atoms with Gasteiger partial charge in [0.1, 0.15) is 6.10 Å². The van der Waals surface area contributed by atoms with Crippen LogP contribution in [0.2, 0.25) is 0 Å². The fourth-order valence-corrected chi connectivity index (χ4v) is 2.75. The molecule has 0 saturated carbocycles. The number of hydrogen-bond donors (Lipinski definition) is 1. The third-order valence-corrected chi connectivity index (χ3v) is 4.25.